The second kappa shape index (κ2) is 3.93. The number of hydrogen-bond donors (Lipinski definition) is 4. The van der Waals surface area contributed by atoms with Gasteiger partial charge in [-0.1, -0.05) is 12.1 Å². The summed E-state index contributed by atoms with van der Waals surface area (Å²) in [7, 11) is 0. The molecule has 0 unspecified atom stereocenters. The Morgan fingerprint density at radius 2 is 2.19 bits per heavy atom. The number of nitrogens with two attached hydrogens (primary N) is 1. The normalized spacial score (nSPS) is 10.0. The number of anilines is 2. The monoisotopic (exact) mass is 218 g/mol. The first-order valence-corrected chi connectivity index (χ1v) is 4.56. The second-order valence-corrected chi connectivity index (χ2v) is 3.17. The summed E-state index contributed by atoms with van der Waals surface area (Å²) in [4.78, 5) is 11.7. The molecule has 2 rings (SSSR count). The zero-order chi connectivity index (χ0) is 11.5. The number of aromatic hydroxyl groups is 1. The first-order chi connectivity index (χ1) is 7.68. The molecule has 1 aromatic carbocycles. The minimum atomic E-state index is -0.450. The molecule has 0 fully saturated rings. The highest BCUT2D eigenvalue weighted by Crippen LogP contribution is 2.19. The van der Waals surface area contributed by atoms with E-state index in [0.717, 1.165) is 0 Å². The van der Waals surface area contributed by atoms with Crippen molar-refractivity contribution in [1.82, 2.24) is 10.2 Å². The van der Waals surface area contributed by atoms with Crippen LogP contribution in [0.3, 0.4) is 0 Å². The fourth-order valence-electron chi connectivity index (χ4n) is 1.24. The number of benzene rings is 1. The topological polar surface area (TPSA) is 104 Å². The summed E-state index contributed by atoms with van der Waals surface area (Å²) in [5.41, 5.74) is 6.05. The smallest absolute Gasteiger partial charge is 0.260 e. The van der Waals surface area contributed by atoms with Gasteiger partial charge in [-0.15, -0.1) is 0 Å². The SMILES string of the molecule is Nc1cn[nH]c1NC(=O)c1ccccc1O. The van der Waals surface area contributed by atoms with Crippen LogP contribution < -0.4 is 11.1 Å². The molecule has 0 saturated carbocycles. The third kappa shape index (κ3) is 1.81. The van der Waals surface area contributed by atoms with Crippen LogP contribution in [0.2, 0.25) is 0 Å². The number of aromatic amines is 1. The van der Waals surface area contributed by atoms with Crippen molar-refractivity contribution >= 4 is 17.4 Å². The van der Waals surface area contributed by atoms with Gasteiger partial charge in [-0.2, -0.15) is 5.10 Å². The number of carbonyl (C=O) groups is 1. The first kappa shape index (κ1) is 10.0. The summed E-state index contributed by atoms with van der Waals surface area (Å²) in [6.45, 7) is 0. The van der Waals surface area contributed by atoms with Gasteiger partial charge in [0.2, 0.25) is 0 Å². The minimum Gasteiger partial charge on any atom is -0.507 e. The number of para-hydroxylation sites is 1. The number of aromatic nitrogens is 2. The third-order valence-corrected chi connectivity index (χ3v) is 2.06. The summed E-state index contributed by atoms with van der Waals surface area (Å²) in [6, 6.07) is 6.24. The number of nitrogens with one attached hydrogen (secondary N) is 2. The largest absolute Gasteiger partial charge is 0.507 e. The molecule has 1 amide bonds. The van der Waals surface area contributed by atoms with E-state index in [4.69, 9.17) is 5.73 Å². The molecular weight excluding hydrogens is 208 g/mol. The van der Waals surface area contributed by atoms with Gasteiger partial charge < -0.3 is 16.2 Å². The van der Waals surface area contributed by atoms with Crippen molar-refractivity contribution < 1.29 is 9.90 Å². The number of phenolic OH excluding ortho intramolecular Hbond substituents is 1. The Morgan fingerprint density at radius 1 is 1.44 bits per heavy atom. The van der Waals surface area contributed by atoms with Gasteiger partial charge in [-0.05, 0) is 12.1 Å². The van der Waals surface area contributed by atoms with Crippen LogP contribution in [0.25, 0.3) is 0 Å². The Bertz CT molecular complexity index is 521. The zero-order valence-electron chi connectivity index (χ0n) is 8.27. The predicted molar refractivity (Wildman–Crippen MR) is 59.1 cm³/mol. The quantitative estimate of drug-likeness (QED) is 0.602. The minimum absolute atomic E-state index is 0.0851. The maximum atomic E-state index is 11.7. The van der Waals surface area contributed by atoms with Gasteiger partial charge >= 0.3 is 0 Å². The molecule has 6 heteroatoms. The van der Waals surface area contributed by atoms with Gasteiger partial charge in [-0.3, -0.25) is 9.89 Å². The fourth-order valence-corrected chi connectivity index (χ4v) is 1.24. The number of amides is 1. The highest BCUT2D eigenvalue weighted by Gasteiger charge is 2.12. The van der Waals surface area contributed by atoms with Crippen molar-refractivity contribution in [2.75, 3.05) is 11.1 Å². The van der Waals surface area contributed by atoms with Crippen LogP contribution in [0.4, 0.5) is 11.5 Å². The second-order valence-electron chi connectivity index (χ2n) is 3.17. The van der Waals surface area contributed by atoms with E-state index < -0.39 is 5.91 Å². The van der Waals surface area contributed by atoms with Gasteiger partial charge in [0.1, 0.15) is 5.75 Å². The molecule has 1 heterocycles. The van der Waals surface area contributed by atoms with Crippen LogP contribution in [-0.4, -0.2) is 21.2 Å². The molecule has 0 aliphatic carbocycles. The first-order valence-electron chi connectivity index (χ1n) is 4.56. The van der Waals surface area contributed by atoms with Crippen molar-refractivity contribution in [3.8, 4) is 5.75 Å². The van der Waals surface area contributed by atoms with E-state index in [0.29, 0.717) is 11.5 Å². The molecule has 0 radical (unpaired) electrons. The van der Waals surface area contributed by atoms with E-state index in [-0.39, 0.29) is 11.3 Å². The van der Waals surface area contributed by atoms with Gasteiger partial charge in [-0.25, -0.2) is 0 Å². The molecule has 2 aromatic rings. The van der Waals surface area contributed by atoms with Gasteiger partial charge in [0, 0.05) is 0 Å². The number of H-pyrrole nitrogens is 1. The zero-order valence-corrected chi connectivity index (χ0v) is 8.27. The standard InChI is InChI=1S/C10H10N4O2/c11-7-5-12-14-9(7)13-10(16)6-3-1-2-4-8(6)15/h1-5,15H,11H2,(H2,12,13,14,16). The van der Waals surface area contributed by atoms with Crippen LogP contribution >= 0.6 is 0 Å². The van der Waals surface area contributed by atoms with Crippen molar-refractivity contribution in [2.45, 2.75) is 0 Å². The maximum absolute atomic E-state index is 11.7. The Kier molecular flexibility index (Phi) is 2.47. The molecule has 6 nitrogen and oxygen atoms in total. The van der Waals surface area contributed by atoms with E-state index in [1.807, 2.05) is 0 Å². The van der Waals surface area contributed by atoms with E-state index in [9.17, 15) is 9.90 Å². The summed E-state index contributed by atoms with van der Waals surface area (Å²) >= 11 is 0. The number of carbonyl (C=O) groups excluding carboxylic acids is 1. The molecule has 0 atom stereocenters. The van der Waals surface area contributed by atoms with E-state index in [2.05, 4.69) is 15.5 Å². The lowest BCUT2D eigenvalue weighted by atomic mass is 10.2. The van der Waals surface area contributed by atoms with Gasteiger partial charge in [0.25, 0.3) is 5.91 Å². The van der Waals surface area contributed by atoms with Gasteiger partial charge in [0.15, 0.2) is 5.82 Å². The van der Waals surface area contributed by atoms with Gasteiger partial charge in [0.05, 0.1) is 17.4 Å². The summed E-state index contributed by atoms with van der Waals surface area (Å²) in [6.07, 6.45) is 1.39. The van der Waals surface area contributed by atoms with Crippen LogP contribution in [0.1, 0.15) is 10.4 Å². The van der Waals surface area contributed by atoms with Crippen molar-refractivity contribution in [3.63, 3.8) is 0 Å². The number of rotatable bonds is 2. The molecule has 0 spiro atoms. The van der Waals surface area contributed by atoms with Crippen LogP contribution in [0.5, 0.6) is 5.75 Å². The Morgan fingerprint density at radius 3 is 2.81 bits per heavy atom. The third-order valence-electron chi connectivity index (χ3n) is 2.06. The van der Waals surface area contributed by atoms with Crippen LogP contribution in [-0.2, 0) is 0 Å². The molecule has 1 aromatic heterocycles. The van der Waals surface area contributed by atoms with E-state index in [1.54, 1.807) is 12.1 Å². The van der Waals surface area contributed by atoms with E-state index in [1.165, 1.54) is 18.3 Å². The molecule has 0 aliphatic heterocycles. The molecule has 16 heavy (non-hydrogen) atoms. The molecule has 0 bridgehead atoms. The van der Waals surface area contributed by atoms with E-state index >= 15 is 0 Å². The lowest BCUT2D eigenvalue weighted by Gasteiger charge is -2.04. The lowest BCUT2D eigenvalue weighted by molar-refractivity contribution is 0.102. The average molecular weight is 218 g/mol. The Hall–Kier alpha value is -2.50. The number of nitrogens with zero attached hydrogens (tertiary/aromatic N) is 1. The number of phenols is 1. The number of hydrogen-bond acceptors (Lipinski definition) is 4. The molecular formula is C10H10N4O2. The van der Waals surface area contributed by atoms with Crippen LogP contribution in [0.15, 0.2) is 30.5 Å². The summed E-state index contributed by atoms with van der Waals surface area (Å²) < 4.78 is 0. The molecule has 82 valence electrons. The predicted octanol–water partition coefficient (Wildman–Crippen LogP) is 0.950. The number of nitrogen functional groups attached to an aromatic ring is 1. The molecule has 0 saturated heterocycles. The summed E-state index contributed by atoms with van der Waals surface area (Å²) in [5.74, 6) is -0.222. The van der Waals surface area contributed by atoms with Crippen LogP contribution in [0, 0.1) is 0 Å². The van der Waals surface area contributed by atoms with Crippen molar-refractivity contribution in [3.05, 3.63) is 36.0 Å². The van der Waals surface area contributed by atoms with Crippen molar-refractivity contribution in [2.24, 2.45) is 0 Å². The Labute approximate surface area is 91.1 Å². The fraction of sp³-hybridized carbons (Fsp3) is 0. The molecule has 5 N–H and O–H groups in total. The Balaban J connectivity index is 2.22. The van der Waals surface area contributed by atoms with Crippen molar-refractivity contribution in [1.29, 1.82) is 0 Å². The average Bonchev–Trinajstić information content (AvgIpc) is 2.65. The summed E-state index contributed by atoms with van der Waals surface area (Å²) in [5, 5.41) is 18.2. The highest BCUT2D eigenvalue weighted by molar-refractivity contribution is 6.06. The molecule has 0 aliphatic rings. The maximum Gasteiger partial charge on any atom is 0.260 e. The lowest BCUT2D eigenvalue weighted by Crippen LogP contribution is -2.13. The highest BCUT2D eigenvalue weighted by atomic mass is 16.3.